The molecule has 7 heteroatoms. The molecule has 0 fully saturated rings. The SMILES string of the molecule is CCO[Si](C)(CCCN=C=O)OC(C)N=C=O. The summed E-state index contributed by atoms with van der Waals surface area (Å²) >= 11 is 0. The molecule has 0 heterocycles. The number of aliphatic imine (C=N–C) groups is 2. The van der Waals surface area contributed by atoms with E-state index in [-0.39, 0.29) is 0 Å². The van der Waals surface area contributed by atoms with Gasteiger partial charge in [0.15, 0.2) is 0 Å². The Morgan fingerprint density at radius 3 is 2.59 bits per heavy atom. The molecule has 0 aliphatic rings. The zero-order valence-electron chi connectivity index (χ0n) is 10.4. The van der Waals surface area contributed by atoms with Crippen molar-refractivity contribution in [2.45, 2.75) is 39.1 Å². The molecule has 0 radical (unpaired) electrons. The van der Waals surface area contributed by atoms with E-state index in [1.807, 2.05) is 13.5 Å². The topological polar surface area (TPSA) is 77.3 Å². The number of nitrogens with zero attached hydrogens (tertiary/aromatic N) is 2. The van der Waals surface area contributed by atoms with E-state index in [1.165, 1.54) is 12.2 Å². The van der Waals surface area contributed by atoms with Crippen LogP contribution in [0.25, 0.3) is 0 Å². The first kappa shape index (κ1) is 15.9. The summed E-state index contributed by atoms with van der Waals surface area (Å²) in [6.07, 6.45) is 3.08. The van der Waals surface area contributed by atoms with E-state index in [4.69, 9.17) is 8.85 Å². The third-order valence-electron chi connectivity index (χ3n) is 2.07. The molecule has 0 rings (SSSR count). The summed E-state index contributed by atoms with van der Waals surface area (Å²) in [5.74, 6) is 0. The fraction of sp³-hybridized carbons (Fsp3) is 0.800. The Bertz CT molecular complexity index is 313. The van der Waals surface area contributed by atoms with Gasteiger partial charge in [-0.25, -0.2) is 14.6 Å². The van der Waals surface area contributed by atoms with Crippen LogP contribution in [0.5, 0.6) is 0 Å². The molecule has 0 aromatic heterocycles. The highest BCUT2D eigenvalue weighted by Gasteiger charge is 2.32. The molecule has 96 valence electrons. The normalized spacial score (nSPS) is 15.2. The van der Waals surface area contributed by atoms with Crippen molar-refractivity contribution < 1.29 is 18.4 Å². The molecule has 0 N–H and O–H groups in total. The van der Waals surface area contributed by atoms with E-state index >= 15 is 0 Å². The second kappa shape index (κ2) is 8.98. The van der Waals surface area contributed by atoms with Crippen LogP contribution in [0.4, 0.5) is 0 Å². The minimum atomic E-state index is -2.36. The van der Waals surface area contributed by atoms with Crippen LogP contribution in [-0.2, 0) is 18.4 Å². The molecule has 0 saturated heterocycles. The van der Waals surface area contributed by atoms with Gasteiger partial charge in [-0.05, 0) is 32.9 Å². The highest BCUT2D eigenvalue weighted by atomic mass is 28.4. The molecule has 0 aromatic carbocycles. The van der Waals surface area contributed by atoms with E-state index in [9.17, 15) is 9.59 Å². The first-order valence-corrected chi connectivity index (χ1v) is 8.02. The molecule has 0 aliphatic carbocycles. The molecule has 2 unspecified atom stereocenters. The Labute approximate surface area is 102 Å². The van der Waals surface area contributed by atoms with Gasteiger partial charge in [0.05, 0.1) is 6.54 Å². The first-order valence-electron chi connectivity index (χ1n) is 5.50. The highest BCUT2D eigenvalue weighted by molar-refractivity contribution is 6.66. The fourth-order valence-corrected chi connectivity index (χ4v) is 3.97. The van der Waals surface area contributed by atoms with E-state index in [1.54, 1.807) is 6.92 Å². The molecule has 0 saturated carbocycles. The highest BCUT2D eigenvalue weighted by Crippen LogP contribution is 2.18. The first-order chi connectivity index (χ1) is 8.08. The van der Waals surface area contributed by atoms with Crippen LogP contribution in [0.15, 0.2) is 9.98 Å². The second-order valence-corrected chi connectivity index (χ2v) is 6.87. The van der Waals surface area contributed by atoms with Crippen LogP contribution in [0.2, 0.25) is 12.6 Å². The Hall–Kier alpha value is -1.10. The van der Waals surface area contributed by atoms with Crippen molar-refractivity contribution in [1.82, 2.24) is 0 Å². The van der Waals surface area contributed by atoms with Crippen molar-refractivity contribution in [3.05, 3.63) is 0 Å². The third kappa shape index (κ3) is 7.74. The van der Waals surface area contributed by atoms with Gasteiger partial charge < -0.3 is 8.85 Å². The number of isocyanates is 2. The van der Waals surface area contributed by atoms with Crippen LogP contribution in [0, 0.1) is 0 Å². The average molecular weight is 258 g/mol. The smallest absolute Gasteiger partial charge is 0.336 e. The van der Waals surface area contributed by atoms with Crippen LogP contribution < -0.4 is 0 Å². The summed E-state index contributed by atoms with van der Waals surface area (Å²) in [6, 6.07) is 0.685. The van der Waals surface area contributed by atoms with Crippen LogP contribution in [-0.4, -0.2) is 40.1 Å². The Kier molecular flexibility index (Phi) is 8.40. The minimum Gasteiger partial charge on any atom is -0.395 e. The number of carbonyl (C=O) groups excluding carboxylic acids is 2. The zero-order valence-corrected chi connectivity index (χ0v) is 11.4. The van der Waals surface area contributed by atoms with Gasteiger partial charge in [-0.3, -0.25) is 0 Å². The molecule has 0 aromatic rings. The predicted molar refractivity (Wildman–Crippen MR) is 64.3 cm³/mol. The molecule has 2 atom stereocenters. The molecule has 0 aliphatic heterocycles. The molecule has 0 amide bonds. The van der Waals surface area contributed by atoms with Crippen LogP contribution in [0.1, 0.15) is 20.3 Å². The maximum absolute atomic E-state index is 10.1. The second-order valence-electron chi connectivity index (χ2n) is 3.58. The van der Waals surface area contributed by atoms with Crippen LogP contribution in [0.3, 0.4) is 0 Å². The molecule has 17 heavy (non-hydrogen) atoms. The Balaban J connectivity index is 4.32. The van der Waals surface area contributed by atoms with Gasteiger partial charge in [0.1, 0.15) is 6.23 Å². The van der Waals surface area contributed by atoms with Crippen molar-refractivity contribution in [2.75, 3.05) is 13.2 Å². The molecular weight excluding hydrogens is 240 g/mol. The van der Waals surface area contributed by atoms with Gasteiger partial charge in [-0.15, -0.1) is 0 Å². The fourth-order valence-electron chi connectivity index (χ4n) is 1.46. The maximum Gasteiger partial charge on any atom is 0.336 e. The van der Waals surface area contributed by atoms with E-state index in [0.717, 1.165) is 0 Å². The average Bonchev–Trinajstić information content (AvgIpc) is 2.25. The lowest BCUT2D eigenvalue weighted by Gasteiger charge is -2.27. The summed E-state index contributed by atoms with van der Waals surface area (Å²) in [5, 5.41) is 0. The van der Waals surface area contributed by atoms with Crippen molar-refractivity contribution in [1.29, 1.82) is 0 Å². The van der Waals surface area contributed by atoms with Crippen LogP contribution >= 0.6 is 0 Å². The molecule has 6 nitrogen and oxygen atoms in total. The number of hydrogen-bond acceptors (Lipinski definition) is 6. The lowest BCUT2D eigenvalue weighted by Crippen LogP contribution is -2.41. The van der Waals surface area contributed by atoms with Gasteiger partial charge in [0.2, 0.25) is 12.2 Å². The van der Waals surface area contributed by atoms with Gasteiger partial charge in [0, 0.05) is 6.61 Å². The van der Waals surface area contributed by atoms with E-state index in [0.29, 0.717) is 25.6 Å². The number of hydrogen-bond donors (Lipinski definition) is 0. The molecule has 0 spiro atoms. The van der Waals surface area contributed by atoms with Crippen molar-refractivity contribution in [3.8, 4) is 0 Å². The standard InChI is InChI=1S/C10H18N2O4Si/c1-4-15-17(3,7-5-6-11-8-13)16-10(2)12-9-14/h10H,4-7H2,1-3H3. The van der Waals surface area contributed by atoms with Gasteiger partial charge in [0.25, 0.3) is 0 Å². The number of rotatable bonds is 9. The summed E-state index contributed by atoms with van der Waals surface area (Å²) < 4.78 is 11.3. The van der Waals surface area contributed by atoms with Gasteiger partial charge in [-0.2, -0.15) is 4.99 Å². The monoisotopic (exact) mass is 258 g/mol. The van der Waals surface area contributed by atoms with Crippen molar-refractivity contribution in [3.63, 3.8) is 0 Å². The van der Waals surface area contributed by atoms with Crippen molar-refractivity contribution in [2.24, 2.45) is 9.98 Å². The third-order valence-corrected chi connectivity index (χ3v) is 5.07. The quantitative estimate of drug-likeness (QED) is 0.272. The minimum absolute atomic E-state index is 0.411. The largest absolute Gasteiger partial charge is 0.395 e. The van der Waals surface area contributed by atoms with E-state index < -0.39 is 14.8 Å². The summed E-state index contributed by atoms with van der Waals surface area (Å²) in [7, 11) is -2.36. The van der Waals surface area contributed by atoms with E-state index in [2.05, 4.69) is 9.98 Å². The van der Waals surface area contributed by atoms with Gasteiger partial charge >= 0.3 is 8.56 Å². The maximum atomic E-state index is 10.1. The summed E-state index contributed by atoms with van der Waals surface area (Å²) in [4.78, 5) is 27.0. The Morgan fingerprint density at radius 1 is 1.35 bits per heavy atom. The van der Waals surface area contributed by atoms with Crippen molar-refractivity contribution >= 4 is 20.7 Å². The predicted octanol–water partition coefficient (Wildman–Crippen LogP) is 1.52. The summed E-state index contributed by atoms with van der Waals surface area (Å²) in [6.45, 7) is 6.40. The molecule has 0 bridgehead atoms. The van der Waals surface area contributed by atoms with Gasteiger partial charge in [-0.1, -0.05) is 0 Å². The zero-order chi connectivity index (χ0) is 13.1. The molecular formula is C10H18N2O4Si. The summed E-state index contributed by atoms with van der Waals surface area (Å²) in [5.41, 5.74) is 0. The lowest BCUT2D eigenvalue weighted by molar-refractivity contribution is 0.135. The lowest BCUT2D eigenvalue weighted by atomic mass is 10.5. The Morgan fingerprint density at radius 2 is 2.06 bits per heavy atom.